The van der Waals surface area contributed by atoms with Crippen LogP contribution in [0, 0.1) is 0 Å². The van der Waals surface area contributed by atoms with E-state index in [0.29, 0.717) is 12.8 Å². The second-order valence-corrected chi connectivity index (χ2v) is 16.2. The molecule has 1 atom stereocenters. The van der Waals surface area contributed by atoms with E-state index in [9.17, 15) is 14.7 Å². The van der Waals surface area contributed by atoms with Crippen molar-refractivity contribution in [2.24, 2.45) is 0 Å². The fraction of sp³-hybridized carbons (Fsp3) is 0.643. The zero-order valence-corrected chi connectivity index (χ0v) is 39.4. The van der Waals surface area contributed by atoms with Crippen molar-refractivity contribution < 1.29 is 24.2 Å². The lowest BCUT2D eigenvalue weighted by Crippen LogP contribution is -2.28. The molecule has 5 heteroatoms. The number of rotatable bonds is 44. The molecule has 0 fully saturated rings. The minimum Gasteiger partial charge on any atom is -0.462 e. The Labute approximate surface area is 376 Å². The molecule has 0 aliphatic heterocycles. The first-order valence-corrected chi connectivity index (χ1v) is 24.9. The molecule has 0 heterocycles. The molecule has 0 amide bonds. The van der Waals surface area contributed by atoms with E-state index < -0.39 is 6.10 Å². The van der Waals surface area contributed by atoms with Gasteiger partial charge in [0.25, 0.3) is 0 Å². The topological polar surface area (TPSA) is 72.8 Å². The monoisotopic (exact) mass is 845 g/mol. The molecular weight excluding hydrogens is 753 g/mol. The molecule has 5 nitrogen and oxygen atoms in total. The number of aliphatic hydroxyl groups is 1. The minimum absolute atomic E-state index is 0.0808. The van der Waals surface area contributed by atoms with E-state index in [-0.39, 0.29) is 25.2 Å². The lowest BCUT2D eigenvalue weighted by molar-refractivity contribution is -0.161. The number of unbranched alkanes of at least 4 members (excludes halogenated alkanes) is 18. The second kappa shape index (κ2) is 50.9. The van der Waals surface area contributed by atoms with Gasteiger partial charge in [0.05, 0.1) is 6.61 Å². The van der Waals surface area contributed by atoms with Gasteiger partial charge in [-0.3, -0.25) is 9.59 Å². The summed E-state index contributed by atoms with van der Waals surface area (Å²) >= 11 is 0. The molecule has 61 heavy (non-hydrogen) atoms. The highest BCUT2D eigenvalue weighted by Crippen LogP contribution is 2.13. The van der Waals surface area contributed by atoms with Gasteiger partial charge in [0, 0.05) is 12.8 Å². The Kier molecular flexibility index (Phi) is 48.0. The Balaban J connectivity index is 3.61. The molecule has 0 saturated carbocycles. The normalized spacial score (nSPS) is 13.2. The minimum atomic E-state index is -0.789. The van der Waals surface area contributed by atoms with Gasteiger partial charge < -0.3 is 14.6 Å². The highest BCUT2D eigenvalue weighted by molar-refractivity contribution is 5.70. The predicted molar refractivity (Wildman–Crippen MR) is 265 cm³/mol. The third kappa shape index (κ3) is 49.1. The molecule has 0 aliphatic carbocycles. The first kappa shape index (κ1) is 57.6. The van der Waals surface area contributed by atoms with Crippen LogP contribution in [0.25, 0.3) is 0 Å². The summed E-state index contributed by atoms with van der Waals surface area (Å²) in [5.41, 5.74) is 0. The summed E-state index contributed by atoms with van der Waals surface area (Å²) in [5.74, 6) is -0.618. The molecule has 0 aromatic rings. The largest absolute Gasteiger partial charge is 0.462 e. The maximum absolute atomic E-state index is 12.3. The van der Waals surface area contributed by atoms with Crippen LogP contribution >= 0.6 is 0 Å². The number of aliphatic hydroxyl groups excluding tert-OH is 1. The average molecular weight is 845 g/mol. The van der Waals surface area contributed by atoms with Gasteiger partial charge >= 0.3 is 11.9 Å². The Bertz CT molecular complexity index is 1230. The molecule has 0 saturated heterocycles. The molecule has 1 unspecified atom stereocenters. The second-order valence-electron chi connectivity index (χ2n) is 16.2. The molecule has 0 spiro atoms. The summed E-state index contributed by atoms with van der Waals surface area (Å²) in [5, 5.41) is 9.62. The average Bonchev–Trinajstić information content (AvgIpc) is 3.26. The van der Waals surface area contributed by atoms with Crippen molar-refractivity contribution in [2.45, 2.75) is 219 Å². The van der Waals surface area contributed by atoms with Crippen molar-refractivity contribution >= 4 is 11.9 Å². The van der Waals surface area contributed by atoms with Crippen LogP contribution in [-0.4, -0.2) is 36.4 Å². The van der Waals surface area contributed by atoms with Crippen LogP contribution in [0.5, 0.6) is 0 Å². The Morgan fingerprint density at radius 1 is 0.393 bits per heavy atom. The van der Waals surface area contributed by atoms with Crippen molar-refractivity contribution in [3.63, 3.8) is 0 Å². The molecule has 0 rings (SSSR count). The fourth-order valence-electron chi connectivity index (χ4n) is 6.56. The Morgan fingerprint density at radius 3 is 1.07 bits per heavy atom. The maximum Gasteiger partial charge on any atom is 0.306 e. The highest BCUT2D eigenvalue weighted by atomic mass is 16.6. The smallest absolute Gasteiger partial charge is 0.306 e. The molecule has 0 aromatic carbocycles. The zero-order chi connectivity index (χ0) is 44.2. The van der Waals surface area contributed by atoms with E-state index in [1.807, 2.05) is 0 Å². The zero-order valence-electron chi connectivity index (χ0n) is 39.4. The van der Waals surface area contributed by atoms with Crippen LogP contribution in [0.1, 0.15) is 213 Å². The number of carbonyl (C=O) groups is 2. The number of hydrogen-bond donors (Lipinski definition) is 1. The van der Waals surface area contributed by atoms with E-state index in [1.165, 1.54) is 83.5 Å². The van der Waals surface area contributed by atoms with Crippen LogP contribution < -0.4 is 0 Å². The molecule has 0 aromatic heterocycles. The van der Waals surface area contributed by atoms with Crippen LogP contribution in [0.15, 0.2) is 109 Å². The first-order chi connectivity index (χ1) is 30.1. The number of allylic oxidation sites excluding steroid dienone is 18. The molecule has 0 aliphatic rings. The Morgan fingerprint density at radius 2 is 0.705 bits per heavy atom. The molecular formula is C56H92O5. The summed E-state index contributed by atoms with van der Waals surface area (Å²) in [6.07, 6.45) is 73.1. The van der Waals surface area contributed by atoms with Crippen LogP contribution in [0.3, 0.4) is 0 Å². The molecule has 0 bridgehead atoms. The van der Waals surface area contributed by atoms with E-state index in [4.69, 9.17) is 9.47 Å². The molecule has 0 radical (unpaired) electrons. The van der Waals surface area contributed by atoms with Gasteiger partial charge in [0.1, 0.15) is 6.61 Å². The Hall–Kier alpha value is -3.44. The number of hydrogen-bond acceptors (Lipinski definition) is 5. The number of carbonyl (C=O) groups excluding carboxylic acids is 2. The van der Waals surface area contributed by atoms with Crippen molar-refractivity contribution in [3.05, 3.63) is 109 Å². The highest BCUT2D eigenvalue weighted by Gasteiger charge is 2.16. The maximum atomic E-state index is 12.3. The van der Waals surface area contributed by atoms with E-state index in [2.05, 4.69) is 123 Å². The van der Waals surface area contributed by atoms with Gasteiger partial charge in [-0.05, 0) is 103 Å². The van der Waals surface area contributed by atoms with Crippen molar-refractivity contribution in [3.8, 4) is 0 Å². The lowest BCUT2D eigenvalue weighted by Gasteiger charge is -2.15. The van der Waals surface area contributed by atoms with E-state index in [0.717, 1.165) is 103 Å². The number of esters is 2. The van der Waals surface area contributed by atoms with Crippen molar-refractivity contribution in [2.75, 3.05) is 13.2 Å². The molecule has 1 N–H and O–H groups in total. The van der Waals surface area contributed by atoms with Crippen LogP contribution in [0.2, 0.25) is 0 Å². The van der Waals surface area contributed by atoms with Crippen LogP contribution in [0.4, 0.5) is 0 Å². The van der Waals surface area contributed by atoms with Crippen LogP contribution in [-0.2, 0) is 19.1 Å². The van der Waals surface area contributed by atoms with Gasteiger partial charge in [-0.15, -0.1) is 0 Å². The van der Waals surface area contributed by atoms with E-state index >= 15 is 0 Å². The van der Waals surface area contributed by atoms with Crippen molar-refractivity contribution in [1.82, 2.24) is 0 Å². The summed E-state index contributed by atoms with van der Waals surface area (Å²) in [6, 6.07) is 0. The molecule has 346 valence electrons. The summed E-state index contributed by atoms with van der Waals surface area (Å²) < 4.78 is 10.7. The van der Waals surface area contributed by atoms with Gasteiger partial charge in [-0.2, -0.15) is 0 Å². The SMILES string of the molecule is CC/C=C\C/C=C\C/C=C\C/C=C\C/C=C\C/C=C\C/C=C\CCCCCCCCCC(=O)OC(CO)COC(=O)CCCCCCCCC/C=C\C/C=C\CCCCCC. The predicted octanol–water partition coefficient (Wildman–Crippen LogP) is 16.6. The lowest BCUT2D eigenvalue weighted by atomic mass is 10.1. The van der Waals surface area contributed by atoms with Crippen molar-refractivity contribution in [1.29, 1.82) is 0 Å². The van der Waals surface area contributed by atoms with Gasteiger partial charge in [0.15, 0.2) is 6.10 Å². The standard InChI is InChI=1S/C56H92O5/c1-3-5-7-9-11-13-15-17-19-21-23-24-25-26-27-28-29-30-31-32-33-35-37-39-41-43-45-47-49-51-56(59)61-54(52-57)53-60-55(58)50-48-46-44-42-40-38-36-34-22-20-18-16-14-12-10-8-6-4-2/h5,7,11,13-14,16-17,19-20,22-24,26-27,29-30,32-33,54,57H,3-4,6,8-10,12,15,18,21,25,28,31,34-53H2,1-2H3/b7-5-,13-11-,16-14-,19-17-,22-20-,24-23-,27-26-,30-29-,33-32-. The quantitative estimate of drug-likeness (QED) is 0.0376. The van der Waals surface area contributed by atoms with Gasteiger partial charge in [-0.25, -0.2) is 0 Å². The number of ether oxygens (including phenoxy) is 2. The summed E-state index contributed by atoms with van der Waals surface area (Å²) in [4.78, 5) is 24.4. The summed E-state index contributed by atoms with van der Waals surface area (Å²) in [7, 11) is 0. The first-order valence-electron chi connectivity index (χ1n) is 24.9. The fourth-order valence-corrected chi connectivity index (χ4v) is 6.56. The third-order valence-corrected chi connectivity index (χ3v) is 10.3. The summed E-state index contributed by atoms with van der Waals surface area (Å²) in [6.45, 7) is 3.99. The van der Waals surface area contributed by atoms with Gasteiger partial charge in [0.2, 0.25) is 0 Å². The van der Waals surface area contributed by atoms with Gasteiger partial charge in [-0.1, -0.05) is 207 Å². The van der Waals surface area contributed by atoms with E-state index in [1.54, 1.807) is 0 Å². The third-order valence-electron chi connectivity index (χ3n) is 10.3.